The molecule has 0 aliphatic heterocycles. The highest BCUT2D eigenvalue weighted by atomic mass is 28.4. The van der Waals surface area contributed by atoms with Crippen molar-refractivity contribution in [3.05, 3.63) is 0 Å². The first kappa shape index (κ1) is 23.0. The summed E-state index contributed by atoms with van der Waals surface area (Å²) < 4.78 is 18.9. The van der Waals surface area contributed by atoms with E-state index in [2.05, 4.69) is 64.1 Å². The summed E-state index contributed by atoms with van der Waals surface area (Å²) in [5.41, 5.74) is 0. The Morgan fingerprint density at radius 1 is 0.783 bits per heavy atom. The molecular weight excluding hydrogens is 342 g/mol. The van der Waals surface area contributed by atoms with E-state index in [-0.39, 0.29) is 12.2 Å². The minimum absolute atomic E-state index is 0.0522. The highest BCUT2D eigenvalue weighted by Gasteiger charge is 2.33. The van der Waals surface area contributed by atoms with Gasteiger partial charge in [0.1, 0.15) is 7.11 Å². The Morgan fingerprint density at radius 2 is 1.26 bits per heavy atom. The molecule has 0 N–H and O–H groups in total. The molecule has 0 rings (SSSR count). The molecule has 0 saturated carbocycles. The third kappa shape index (κ3) is 14.1. The summed E-state index contributed by atoms with van der Waals surface area (Å²) in [6.07, 6.45) is 2.31. The molecular formula is C15H37NO4Si3. The molecule has 0 spiro atoms. The molecule has 2 atom stereocenters. The van der Waals surface area contributed by atoms with E-state index in [0.717, 1.165) is 0 Å². The quantitative estimate of drug-likeness (QED) is 0.305. The first-order valence-corrected chi connectivity index (χ1v) is 18.5. The maximum Gasteiger partial charge on any atom is 0.184 e. The highest BCUT2D eigenvalue weighted by Crippen LogP contribution is 2.20. The molecule has 0 heterocycles. The Kier molecular flexibility index (Phi) is 9.48. The average molecular weight is 380 g/mol. The Labute approximate surface area is 146 Å². The van der Waals surface area contributed by atoms with Crippen molar-refractivity contribution in [3.8, 4) is 0 Å². The van der Waals surface area contributed by atoms with E-state index in [1.165, 1.54) is 0 Å². The molecule has 0 bridgehead atoms. The zero-order valence-corrected chi connectivity index (χ0v) is 19.7. The van der Waals surface area contributed by atoms with Gasteiger partial charge in [0.05, 0.1) is 18.8 Å². The summed E-state index contributed by atoms with van der Waals surface area (Å²) in [5.74, 6) is 0. The van der Waals surface area contributed by atoms with Crippen molar-refractivity contribution in [2.75, 3.05) is 13.7 Å². The van der Waals surface area contributed by atoms with Gasteiger partial charge in [-0.1, -0.05) is 5.16 Å². The number of rotatable bonds is 11. The van der Waals surface area contributed by atoms with Gasteiger partial charge >= 0.3 is 0 Å². The van der Waals surface area contributed by atoms with Gasteiger partial charge in [-0.25, -0.2) is 0 Å². The zero-order valence-electron chi connectivity index (χ0n) is 16.7. The van der Waals surface area contributed by atoms with Gasteiger partial charge in [-0.05, 0) is 58.9 Å². The SMILES string of the molecule is CO/N=C\C[C@H](O[Si](C)(C)C)[C@@H](CO[Si](C)(C)C)O[Si](C)(C)C. The van der Waals surface area contributed by atoms with Crippen LogP contribution in [0.2, 0.25) is 58.9 Å². The molecule has 8 heteroatoms. The van der Waals surface area contributed by atoms with Crippen LogP contribution in [0.25, 0.3) is 0 Å². The second kappa shape index (κ2) is 9.48. The zero-order chi connectivity index (χ0) is 18.3. The Balaban J connectivity index is 5.19. The van der Waals surface area contributed by atoms with Crippen molar-refractivity contribution in [1.82, 2.24) is 0 Å². The van der Waals surface area contributed by atoms with E-state index in [4.69, 9.17) is 18.1 Å². The number of hydrogen-bond acceptors (Lipinski definition) is 5. The van der Waals surface area contributed by atoms with Crippen LogP contribution in [0.4, 0.5) is 0 Å². The molecule has 0 unspecified atom stereocenters. The topological polar surface area (TPSA) is 49.3 Å². The fourth-order valence-electron chi connectivity index (χ4n) is 1.95. The highest BCUT2D eigenvalue weighted by molar-refractivity contribution is 6.70. The van der Waals surface area contributed by atoms with Crippen molar-refractivity contribution in [2.24, 2.45) is 5.16 Å². The normalized spacial score (nSPS) is 16.6. The molecule has 138 valence electrons. The van der Waals surface area contributed by atoms with Crippen molar-refractivity contribution in [3.63, 3.8) is 0 Å². The monoisotopic (exact) mass is 379 g/mol. The lowest BCUT2D eigenvalue weighted by atomic mass is 10.1. The van der Waals surface area contributed by atoms with Crippen molar-refractivity contribution >= 4 is 31.2 Å². The van der Waals surface area contributed by atoms with Gasteiger partial charge in [0, 0.05) is 12.6 Å². The molecule has 0 saturated heterocycles. The number of nitrogens with zero attached hydrogens (tertiary/aromatic N) is 1. The van der Waals surface area contributed by atoms with Gasteiger partial charge in [0.15, 0.2) is 25.0 Å². The van der Waals surface area contributed by atoms with Crippen molar-refractivity contribution in [1.29, 1.82) is 0 Å². The van der Waals surface area contributed by atoms with Crippen molar-refractivity contribution in [2.45, 2.75) is 77.6 Å². The van der Waals surface area contributed by atoms with Crippen LogP contribution in [-0.2, 0) is 18.1 Å². The van der Waals surface area contributed by atoms with Crippen LogP contribution in [0.15, 0.2) is 5.16 Å². The second-order valence-electron chi connectivity index (χ2n) is 8.67. The van der Waals surface area contributed by atoms with Crippen LogP contribution in [0.3, 0.4) is 0 Å². The molecule has 0 aliphatic carbocycles. The molecule has 23 heavy (non-hydrogen) atoms. The molecule has 0 radical (unpaired) electrons. The molecule has 0 amide bonds. The van der Waals surface area contributed by atoms with E-state index in [1.807, 2.05) is 0 Å². The summed E-state index contributed by atoms with van der Waals surface area (Å²) in [6.45, 7) is 20.3. The van der Waals surface area contributed by atoms with E-state index < -0.39 is 25.0 Å². The molecule has 0 fully saturated rings. The predicted molar refractivity (Wildman–Crippen MR) is 106 cm³/mol. The summed E-state index contributed by atoms with van der Waals surface area (Å²) in [5, 5.41) is 3.86. The maximum absolute atomic E-state index is 6.40. The van der Waals surface area contributed by atoms with Crippen molar-refractivity contribution < 1.29 is 18.1 Å². The fraction of sp³-hybridized carbons (Fsp3) is 0.933. The van der Waals surface area contributed by atoms with Crippen LogP contribution in [0.5, 0.6) is 0 Å². The maximum atomic E-state index is 6.40. The predicted octanol–water partition coefficient (Wildman–Crippen LogP) is 4.30. The molecule has 5 nitrogen and oxygen atoms in total. The summed E-state index contributed by atoms with van der Waals surface area (Å²) in [4.78, 5) is 4.79. The van der Waals surface area contributed by atoms with Crippen LogP contribution >= 0.6 is 0 Å². The fourth-order valence-corrected chi connectivity index (χ4v) is 4.90. The van der Waals surface area contributed by atoms with E-state index in [0.29, 0.717) is 13.0 Å². The van der Waals surface area contributed by atoms with Gasteiger partial charge in [-0.15, -0.1) is 0 Å². The molecule has 0 aromatic carbocycles. The van der Waals surface area contributed by atoms with Crippen LogP contribution in [-0.4, -0.2) is 57.1 Å². The summed E-state index contributed by atoms with van der Waals surface area (Å²) in [6, 6.07) is 0. The van der Waals surface area contributed by atoms with E-state index in [9.17, 15) is 0 Å². The molecule has 0 aromatic heterocycles. The molecule has 0 aromatic rings. The van der Waals surface area contributed by atoms with Gasteiger partial charge in [-0.3, -0.25) is 0 Å². The van der Waals surface area contributed by atoms with E-state index >= 15 is 0 Å². The lowest BCUT2D eigenvalue weighted by Crippen LogP contribution is -2.48. The van der Waals surface area contributed by atoms with Crippen LogP contribution < -0.4 is 0 Å². The Bertz CT molecular complexity index is 359. The Hall–Kier alpha value is 0.000649. The van der Waals surface area contributed by atoms with Gasteiger partial charge < -0.3 is 18.1 Å². The lowest BCUT2D eigenvalue weighted by Gasteiger charge is -2.36. The van der Waals surface area contributed by atoms with Crippen LogP contribution in [0, 0.1) is 0 Å². The number of oxime groups is 1. The van der Waals surface area contributed by atoms with Gasteiger partial charge in [-0.2, -0.15) is 0 Å². The summed E-state index contributed by atoms with van der Waals surface area (Å²) in [7, 11) is -3.47. The van der Waals surface area contributed by atoms with Crippen LogP contribution in [0.1, 0.15) is 6.42 Å². The number of hydrogen-bond donors (Lipinski definition) is 0. The lowest BCUT2D eigenvalue weighted by molar-refractivity contribution is 0.0158. The first-order chi connectivity index (χ1) is 10.2. The first-order valence-electron chi connectivity index (χ1n) is 8.28. The summed E-state index contributed by atoms with van der Waals surface area (Å²) >= 11 is 0. The third-order valence-corrected chi connectivity index (χ3v) is 5.68. The van der Waals surface area contributed by atoms with Gasteiger partial charge in [0.25, 0.3) is 0 Å². The third-order valence-electron chi connectivity index (χ3n) is 2.62. The van der Waals surface area contributed by atoms with Gasteiger partial charge in [0.2, 0.25) is 0 Å². The second-order valence-corrected chi connectivity index (χ2v) is 22.1. The largest absolute Gasteiger partial charge is 0.415 e. The standard InChI is InChI=1S/C15H37NO4Si3/c1-17-16-12-11-14(19-22(5,6)7)15(20-23(8,9)10)13-18-21(2,3)4/h12,14-15H,11,13H2,1-10H3/b16-12-/t14-,15+/m0/s1. The molecule has 0 aliphatic rings. The average Bonchev–Trinajstić information content (AvgIpc) is 2.29. The minimum atomic E-state index is -1.71. The Morgan fingerprint density at radius 3 is 1.65 bits per heavy atom. The minimum Gasteiger partial charge on any atom is -0.415 e. The van der Waals surface area contributed by atoms with E-state index in [1.54, 1.807) is 13.3 Å². The smallest absolute Gasteiger partial charge is 0.184 e.